The maximum atomic E-state index is 12.5. The van der Waals surface area contributed by atoms with Gasteiger partial charge in [0, 0.05) is 17.8 Å². The lowest BCUT2D eigenvalue weighted by atomic mass is 9.95. The van der Waals surface area contributed by atoms with E-state index in [1.54, 1.807) is 12.1 Å². The fraction of sp³-hybridized carbons (Fsp3) is 0.333. The SMILES string of the molecule is N#Cc1cc2c(nc1NCc1ccc(C(F)F)cc1)CCCC2. The first kappa shape index (κ1) is 15.4. The maximum absolute atomic E-state index is 12.5. The molecule has 1 aliphatic carbocycles. The summed E-state index contributed by atoms with van der Waals surface area (Å²) in [5.74, 6) is 0.575. The summed E-state index contributed by atoms with van der Waals surface area (Å²) >= 11 is 0. The van der Waals surface area contributed by atoms with Gasteiger partial charge >= 0.3 is 0 Å². The molecule has 0 saturated carbocycles. The summed E-state index contributed by atoms with van der Waals surface area (Å²) in [6.45, 7) is 0.448. The number of alkyl halides is 2. The first-order chi connectivity index (χ1) is 11.2. The third kappa shape index (κ3) is 3.48. The molecule has 0 fully saturated rings. The molecule has 1 aliphatic rings. The second-order valence-corrected chi connectivity index (χ2v) is 5.71. The molecule has 1 N–H and O–H groups in total. The quantitative estimate of drug-likeness (QED) is 0.911. The van der Waals surface area contributed by atoms with Crippen molar-refractivity contribution in [2.24, 2.45) is 0 Å². The summed E-state index contributed by atoms with van der Waals surface area (Å²) in [4.78, 5) is 4.59. The van der Waals surface area contributed by atoms with Gasteiger partial charge in [0.15, 0.2) is 0 Å². The van der Waals surface area contributed by atoms with Crippen molar-refractivity contribution < 1.29 is 8.78 Å². The first-order valence-electron chi connectivity index (χ1n) is 7.71. The number of hydrogen-bond donors (Lipinski definition) is 1. The number of anilines is 1. The summed E-state index contributed by atoms with van der Waals surface area (Å²) in [6, 6.07) is 10.3. The van der Waals surface area contributed by atoms with E-state index in [-0.39, 0.29) is 5.56 Å². The standard InChI is InChI=1S/C18H17F2N3/c19-17(20)13-7-5-12(6-8-13)11-22-18-15(10-21)9-14-3-1-2-4-16(14)23-18/h5-9,17H,1-4,11H2,(H,22,23). The highest BCUT2D eigenvalue weighted by atomic mass is 19.3. The van der Waals surface area contributed by atoms with Crippen LogP contribution in [0.3, 0.4) is 0 Å². The van der Waals surface area contributed by atoms with Crippen LogP contribution in [-0.4, -0.2) is 4.98 Å². The Labute approximate surface area is 134 Å². The van der Waals surface area contributed by atoms with Gasteiger partial charge in [0.05, 0.1) is 5.56 Å². The number of rotatable bonds is 4. The summed E-state index contributed by atoms with van der Waals surface area (Å²) in [7, 11) is 0. The number of fused-ring (bicyclic) bond motifs is 1. The first-order valence-corrected chi connectivity index (χ1v) is 7.71. The molecule has 3 rings (SSSR count). The summed E-state index contributed by atoms with van der Waals surface area (Å²) in [5.41, 5.74) is 3.65. The van der Waals surface area contributed by atoms with Crippen molar-refractivity contribution in [2.45, 2.75) is 38.7 Å². The third-order valence-electron chi connectivity index (χ3n) is 4.11. The Bertz CT molecular complexity index is 733. The number of halogens is 2. The molecule has 0 radical (unpaired) electrons. The lowest BCUT2D eigenvalue weighted by molar-refractivity contribution is 0.151. The van der Waals surface area contributed by atoms with Crippen molar-refractivity contribution in [3.63, 3.8) is 0 Å². The van der Waals surface area contributed by atoms with Gasteiger partial charge in [-0.05, 0) is 42.9 Å². The second-order valence-electron chi connectivity index (χ2n) is 5.71. The molecule has 0 amide bonds. The molecule has 0 spiro atoms. The fourth-order valence-electron chi connectivity index (χ4n) is 2.82. The van der Waals surface area contributed by atoms with Crippen LogP contribution in [0.4, 0.5) is 14.6 Å². The van der Waals surface area contributed by atoms with Gasteiger partial charge in [-0.15, -0.1) is 0 Å². The smallest absolute Gasteiger partial charge is 0.263 e. The van der Waals surface area contributed by atoms with Crippen LogP contribution in [0.2, 0.25) is 0 Å². The van der Waals surface area contributed by atoms with E-state index in [2.05, 4.69) is 16.4 Å². The van der Waals surface area contributed by atoms with Gasteiger partial charge in [0.2, 0.25) is 0 Å². The number of nitriles is 1. The number of nitrogens with zero attached hydrogens (tertiary/aromatic N) is 2. The van der Waals surface area contributed by atoms with E-state index in [4.69, 9.17) is 0 Å². The van der Waals surface area contributed by atoms with Crippen molar-refractivity contribution in [2.75, 3.05) is 5.32 Å². The summed E-state index contributed by atoms with van der Waals surface area (Å²) in [5, 5.41) is 12.5. The van der Waals surface area contributed by atoms with Crippen LogP contribution in [0.1, 0.15) is 47.2 Å². The predicted octanol–water partition coefficient (Wildman–Crippen LogP) is 4.38. The normalized spacial score (nSPS) is 13.5. The molecule has 1 heterocycles. The fourth-order valence-corrected chi connectivity index (χ4v) is 2.82. The topological polar surface area (TPSA) is 48.7 Å². The Hall–Kier alpha value is -2.48. The zero-order valence-electron chi connectivity index (χ0n) is 12.6. The molecule has 1 aromatic heterocycles. The van der Waals surface area contributed by atoms with Crippen LogP contribution in [0.5, 0.6) is 0 Å². The van der Waals surface area contributed by atoms with Crippen molar-refractivity contribution in [3.8, 4) is 6.07 Å². The van der Waals surface area contributed by atoms with Gasteiger partial charge in [0.25, 0.3) is 6.43 Å². The molecular weight excluding hydrogens is 296 g/mol. The van der Waals surface area contributed by atoms with Crippen molar-refractivity contribution in [1.82, 2.24) is 4.98 Å². The summed E-state index contributed by atoms with van der Waals surface area (Å²) < 4.78 is 25.1. The number of benzene rings is 1. The molecular formula is C18H17F2N3. The highest BCUT2D eigenvalue weighted by Crippen LogP contribution is 2.25. The van der Waals surface area contributed by atoms with E-state index in [1.807, 2.05) is 6.07 Å². The third-order valence-corrected chi connectivity index (χ3v) is 4.11. The van der Waals surface area contributed by atoms with Gasteiger partial charge in [0.1, 0.15) is 11.9 Å². The lowest BCUT2D eigenvalue weighted by Gasteiger charge is -2.17. The van der Waals surface area contributed by atoms with Crippen LogP contribution in [-0.2, 0) is 19.4 Å². The average molecular weight is 313 g/mol. The number of hydrogen-bond acceptors (Lipinski definition) is 3. The molecule has 0 bridgehead atoms. The molecule has 0 unspecified atom stereocenters. The Morgan fingerprint density at radius 3 is 2.61 bits per heavy atom. The van der Waals surface area contributed by atoms with Gasteiger partial charge in [-0.3, -0.25) is 0 Å². The van der Waals surface area contributed by atoms with E-state index < -0.39 is 6.43 Å². The van der Waals surface area contributed by atoms with Gasteiger partial charge in [-0.25, -0.2) is 13.8 Å². The van der Waals surface area contributed by atoms with E-state index in [1.165, 1.54) is 17.7 Å². The number of pyridine rings is 1. The minimum atomic E-state index is -2.45. The van der Waals surface area contributed by atoms with Crippen LogP contribution < -0.4 is 5.32 Å². The Kier molecular flexibility index (Phi) is 4.52. The average Bonchev–Trinajstić information content (AvgIpc) is 2.59. The molecule has 23 heavy (non-hydrogen) atoms. The van der Waals surface area contributed by atoms with E-state index in [0.717, 1.165) is 36.9 Å². The molecule has 5 heteroatoms. The van der Waals surface area contributed by atoms with Gasteiger partial charge in [-0.2, -0.15) is 5.26 Å². The number of nitrogens with one attached hydrogen (secondary N) is 1. The van der Waals surface area contributed by atoms with Crippen LogP contribution in [0.25, 0.3) is 0 Å². The van der Waals surface area contributed by atoms with E-state index >= 15 is 0 Å². The minimum absolute atomic E-state index is 0.0124. The number of aromatic nitrogens is 1. The Balaban J connectivity index is 1.76. The van der Waals surface area contributed by atoms with Crippen LogP contribution >= 0.6 is 0 Å². The molecule has 1 aromatic carbocycles. The lowest BCUT2D eigenvalue weighted by Crippen LogP contribution is -2.10. The molecule has 2 aromatic rings. The Morgan fingerprint density at radius 2 is 1.91 bits per heavy atom. The zero-order valence-corrected chi connectivity index (χ0v) is 12.6. The minimum Gasteiger partial charge on any atom is -0.365 e. The van der Waals surface area contributed by atoms with Gasteiger partial charge in [-0.1, -0.05) is 24.3 Å². The largest absolute Gasteiger partial charge is 0.365 e. The molecule has 118 valence electrons. The highest BCUT2D eigenvalue weighted by molar-refractivity contribution is 5.55. The highest BCUT2D eigenvalue weighted by Gasteiger charge is 2.15. The van der Waals surface area contributed by atoms with Crippen molar-refractivity contribution >= 4 is 5.82 Å². The van der Waals surface area contributed by atoms with Gasteiger partial charge < -0.3 is 5.32 Å². The second kappa shape index (κ2) is 6.74. The Morgan fingerprint density at radius 1 is 1.17 bits per heavy atom. The van der Waals surface area contributed by atoms with Crippen molar-refractivity contribution in [3.05, 3.63) is 58.3 Å². The monoisotopic (exact) mass is 313 g/mol. The predicted molar refractivity (Wildman–Crippen MR) is 84.3 cm³/mol. The summed E-state index contributed by atoms with van der Waals surface area (Å²) in [6.07, 6.45) is 1.73. The van der Waals surface area contributed by atoms with E-state index in [9.17, 15) is 14.0 Å². The molecule has 0 aliphatic heterocycles. The molecule has 0 saturated heterocycles. The number of aryl methyl sites for hydroxylation is 2. The van der Waals surface area contributed by atoms with E-state index in [0.29, 0.717) is 17.9 Å². The van der Waals surface area contributed by atoms with Crippen LogP contribution in [0.15, 0.2) is 30.3 Å². The molecule has 0 atom stereocenters. The zero-order chi connectivity index (χ0) is 16.2. The van der Waals surface area contributed by atoms with Crippen LogP contribution in [0, 0.1) is 11.3 Å². The molecule has 3 nitrogen and oxygen atoms in total. The van der Waals surface area contributed by atoms with Crippen molar-refractivity contribution in [1.29, 1.82) is 5.26 Å². The maximum Gasteiger partial charge on any atom is 0.263 e.